The van der Waals surface area contributed by atoms with Gasteiger partial charge in [0.2, 0.25) is 0 Å². The van der Waals surface area contributed by atoms with Crippen LogP contribution < -0.4 is 0 Å². The van der Waals surface area contributed by atoms with Gasteiger partial charge in [-0.3, -0.25) is 0 Å². The number of hydrogen-bond donors (Lipinski definition) is 0. The molecule has 3 rings (SSSR count). The van der Waals surface area contributed by atoms with Crippen molar-refractivity contribution >= 4 is 15.9 Å². The van der Waals surface area contributed by atoms with Crippen LogP contribution in [0.15, 0.2) is 40.9 Å². The van der Waals surface area contributed by atoms with Crippen molar-refractivity contribution in [3.05, 3.63) is 57.6 Å². The van der Waals surface area contributed by atoms with Crippen LogP contribution in [0.25, 0.3) is 11.1 Å². The standard InChI is InChI=1S/C16H15Br/c1-10-5-4-6-12-13-9-11(17)7-8-14(13)16(2,3)15(10)12/h4-9H,1-3H3. The van der Waals surface area contributed by atoms with E-state index in [1.54, 1.807) is 0 Å². The summed E-state index contributed by atoms with van der Waals surface area (Å²) >= 11 is 3.57. The Bertz CT molecular complexity index is 609. The van der Waals surface area contributed by atoms with Crippen LogP contribution in [0, 0.1) is 6.92 Å². The average Bonchev–Trinajstić information content (AvgIpc) is 2.49. The number of fused-ring (bicyclic) bond motifs is 3. The largest absolute Gasteiger partial charge is 0.0614 e. The topological polar surface area (TPSA) is 0 Å². The molecule has 0 aromatic heterocycles. The maximum absolute atomic E-state index is 3.57. The van der Waals surface area contributed by atoms with Crippen molar-refractivity contribution in [2.75, 3.05) is 0 Å². The predicted molar refractivity (Wildman–Crippen MR) is 76.4 cm³/mol. The summed E-state index contributed by atoms with van der Waals surface area (Å²) in [7, 11) is 0. The lowest BCUT2D eigenvalue weighted by atomic mass is 9.80. The van der Waals surface area contributed by atoms with Crippen molar-refractivity contribution in [1.29, 1.82) is 0 Å². The van der Waals surface area contributed by atoms with Crippen molar-refractivity contribution < 1.29 is 0 Å². The van der Waals surface area contributed by atoms with Gasteiger partial charge in [-0.25, -0.2) is 0 Å². The Morgan fingerprint density at radius 1 is 1.00 bits per heavy atom. The van der Waals surface area contributed by atoms with Crippen molar-refractivity contribution in [3.8, 4) is 11.1 Å². The van der Waals surface area contributed by atoms with Crippen LogP contribution in [0.1, 0.15) is 30.5 Å². The lowest BCUT2D eigenvalue weighted by molar-refractivity contribution is 0.655. The van der Waals surface area contributed by atoms with E-state index in [-0.39, 0.29) is 5.41 Å². The third-order valence-corrected chi connectivity index (χ3v) is 4.34. The monoisotopic (exact) mass is 286 g/mol. The minimum atomic E-state index is 0.122. The quantitative estimate of drug-likeness (QED) is 0.635. The molecule has 0 bridgehead atoms. The fourth-order valence-electron chi connectivity index (χ4n) is 3.14. The Morgan fingerprint density at radius 3 is 2.53 bits per heavy atom. The molecule has 0 heterocycles. The normalized spacial score (nSPS) is 15.5. The van der Waals surface area contributed by atoms with Gasteiger partial charge in [-0.2, -0.15) is 0 Å². The van der Waals surface area contributed by atoms with Gasteiger partial charge in [-0.15, -0.1) is 0 Å². The van der Waals surface area contributed by atoms with Gasteiger partial charge in [0.05, 0.1) is 0 Å². The molecule has 0 atom stereocenters. The Labute approximate surface area is 111 Å². The number of halogens is 1. The second kappa shape index (κ2) is 3.46. The van der Waals surface area contributed by atoms with E-state index < -0.39 is 0 Å². The molecule has 0 spiro atoms. The van der Waals surface area contributed by atoms with Gasteiger partial charge >= 0.3 is 0 Å². The molecule has 0 radical (unpaired) electrons. The Hall–Kier alpha value is -1.08. The molecular formula is C16H15Br. The van der Waals surface area contributed by atoms with Crippen LogP contribution in [-0.2, 0) is 5.41 Å². The van der Waals surface area contributed by atoms with E-state index >= 15 is 0 Å². The second-order valence-electron chi connectivity index (χ2n) is 5.31. The molecule has 17 heavy (non-hydrogen) atoms. The summed E-state index contributed by atoms with van der Waals surface area (Å²) in [4.78, 5) is 0. The highest BCUT2D eigenvalue weighted by Gasteiger charge is 2.36. The second-order valence-corrected chi connectivity index (χ2v) is 6.23. The summed E-state index contributed by atoms with van der Waals surface area (Å²) < 4.78 is 1.15. The molecular weight excluding hydrogens is 272 g/mol. The number of aryl methyl sites for hydroxylation is 1. The Balaban J connectivity index is 2.43. The molecule has 0 amide bonds. The van der Waals surface area contributed by atoms with Gasteiger partial charge in [0, 0.05) is 9.89 Å². The molecule has 86 valence electrons. The van der Waals surface area contributed by atoms with Gasteiger partial charge in [-0.05, 0) is 46.9 Å². The first kappa shape index (κ1) is 11.0. The zero-order valence-electron chi connectivity index (χ0n) is 10.3. The molecule has 0 aliphatic heterocycles. The molecule has 1 heteroatoms. The van der Waals surface area contributed by atoms with E-state index in [1.165, 1.54) is 27.8 Å². The van der Waals surface area contributed by atoms with Crippen LogP contribution >= 0.6 is 15.9 Å². The van der Waals surface area contributed by atoms with Crippen molar-refractivity contribution in [1.82, 2.24) is 0 Å². The number of benzene rings is 2. The highest BCUT2D eigenvalue weighted by atomic mass is 79.9. The fourth-order valence-corrected chi connectivity index (χ4v) is 3.50. The van der Waals surface area contributed by atoms with Gasteiger partial charge < -0.3 is 0 Å². The molecule has 1 aliphatic carbocycles. The molecule has 0 nitrogen and oxygen atoms in total. The van der Waals surface area contributed by atoms with E-state index in [9.17, 15) is 0 Å². The molecule has 0 N–H and O–H groups in total. The minimum Gasteiger partial charge on any atom is -0.0614 e. The highest BCUT2D eigenvalue weighted by Crippen LogP contribution is 2.50. The maximum atomic E-state index is 3.57. The van der Waals surface area contributed by atoms with E-state index in [1.807, 2.05) is 0 Å². The van der Waals surface area contributed by atoms with Crippen molar-refractivity contribution in [2.45, 2.75) is 26.2 Å². The van der Waals surface area contributed by atoms with Crippen LogP contribution in [0.5, 0.6) is 0 Å². The lowest BCUT2D eigenvalue weighted by Gasteiger charge is -2.23. The minimum absolute atomic E-state index is 0.122. The summed E-state index contributed by atoms with van der Waals surface area (Å²) in [6.45, 7) is 6.85. The van der Waals surface area contributed by atoms with Crippen LogP contribution in [-0.4, -0.2) is 0 Å². The third kappa shape index (κ3) is 1.42. The van der Waals surface area contributed by atoms with Crippen molar-refractivity contribution in [3.63, 3.8) is 0 Å². The molecule has 0 saturated heterocycles. The van der Waals surface area contributed by atoms with E-state index in [0.29, 0.717) is 0 Å². The summed E-state index contributed by atoms with van der Waals surface area (Å²) in [6, 6.07) is 13.2. The highest BCUT2D eigenvalue weighted by molar-refractivity contribution is 9.10. The SMILES string of the molecule is Cc1cccc2c1C(C)(C)c1ccc(Br)cc1-2. The molecule has 1 aliphatic rings. The van der Waals surface area contributed by atoms with Gasteiger partial charge in [0.15, 0.2) is 0 Å². The molecule has 2 aromatic carbocycles. The fraction of sp³-hybridized carbons (Fsp3) is 0.250. The summed E-state index contributed by atoms with van der Waals surface area (Å²) in [5, 5.41) is 0. The first-order chi connectivity index (χ1) is 8.01. The van der Waals surface area contributed by atoms with Crippen LogP contribution in [0.2, 0.25) is 0 Å². The smallest absolute Gasteiger partial charge is 0.0181 e. The van der Waals surface area contributed by atoms with Crippen LogP contribution in [0.3, 0.4) is 0 Å². The summed E-state index contributed by atoms with van der Waals surface area (Å²) in [5.41, 5.74) is 7.20. The summed E-state index contributed by atoms with van der Waals surface area (Å²) in [5.74, 6) is 0. The zero-order valence-corrected chi connectivity index (χ0v) is 11.9. The first-order valence-corrected chi connectivity index (χ1v) is 6.71. The van der Waals surface area contributed by atoms with Crippen LogP contribution in [0.4, 0.5) is 0 Å². The molecule has 0 saturated carbocycles. The van der Waals surface area contributed by atoms with E-state index in [4.69, 9.17) is 0 Å². The third-order valence-electron chi connectivity index (χ3n) is 3.84. The molecule has 0 fully saturated rings. The van der Waals surface area contributed by atoms with Gasteiger partial charge in [0.1, 0.15) is 0 Å². The van der Waals surface area contributed by atoms with E-state index in [2.05, 4.69) is 73.1 Å². The molecule has 2 aromatic rings. The molecule has 0 unspecified atom stereocenters. The lowest BCUT2D eigenvalue weighted by Crippen LogP contribution is -2.16. The number of hydrogen-bond acceptors (Lipinski definition) is 0. The van der Waals surface area contributed by atoms with Gasteiger partial charge in [-0.1, -0.05) is 54.0 Å². The maximum Gasteiger partial charge on any atom is 0.0181 e. The Kier molecular flexibility index (Phi) is 2.24. The predicted octanol–water partition coefficient (Wildman–Crippen LogP) is 5.06. The van der Waals surface area contributed by atoms with Crippen molar-refractivity contribution in [2.24, 2.45) is 0 Å². The summed E-state index contributed by atoms with van der Waals surface area (Å²) in [6.07, 6.45) is 0. The van der Waals surface area contributed by atoms with Gasteiger partial charge in [0.25, 0.3) is 0 Å². The van der Waals surface area contributed by atoms with E-state index in [0.717, 1.165) is 4.47 Å². The first-order valence-electron chi connectivity index (χ1n) is 5.92. The number of rotatable bonds is 0. The zero-order chi connectivity index (χ0) is 12.2. The Morgan fingerprint density at radius 2 is 1.76 bits per heavy atom. The average molecular weight is 287 g/mol.